The lowest BCUT2D eigenvalue weighted by molar-refractivity contribution is -0.137. The number of nitrogens with one attached hydrogen (secondary N) is 1. The quantitative estimate of drug-likeness (QED) is 0.294. The van der Waals surface area contributed by atoms with Gasteiger partial charge >= 0.3 is 17.8 Å². The minimum absolute atomic E-state index is 0.0463. The van der Waals surface area contributed by atoms with E-state index in [1.165, 1.54) is 0 Å². The average molecular weight is 537 g/mol. The number of fused-ring (bicyclic) bond motifs is 2. The van der Waals surface area contributed by atoms with Gasteiger partial charge in [-0.15, -0.1) is 0 Å². The molecule has 3 aliphatic heterocycles. The highest BCUT2D eigenvalue weighted by Crippen LogP contribution is 2.41. The molecule has 3 aromatic rings. The van der Waals surface area contributed by atoms with Crippen LogP contribution >= 0.6 is 0 Å². The highest BCUT2D eigenvalue weighted by molar-refractivity contribution is 6.39. The summed E-state index contributed by atoms with van der Waals surface area (Å²) in [6, 6.07) is 4.42. The van der Waals surface area contributed by atoms with Gasteiger partial charge in [-0.2, -0.15) is 13.2 Å². The minimum atomic E-state index is -4.71. The van der Waals surface area contributed by atoms with Crippen molar-refractivity contribution in [2.45, 2.75) is 38.8 Å². The van der Waals surface area contributed by atoms with Crippen LogP contribution in [0.15, 0.2) is 45.1 Å². The molecule has 0 aliphatic carbocycles. The smallest absolute Gasteiger partial charge is 0.416 e. The molecule has 2 aromatic carbocycles. The summed E-state index contributed by atoms with van der Waals surface area (Å²) in [4.78, 5) is 54.4. The average Bonchev–Trinajstić information content (AvgIpc) is 2.89. The summed E-state index contributed by atoms with van der Waals surface area (Å²) in [6.07, 6.45) is -0.112. The third kappa shape index (κ3) is 4.00. The van der Waals surface area contributed by atoms with E-state index in [-0.39, 0.29) is 11.3 Å². The van der Waals surface area contributed by atoms with Crippen LogP contribution in [0.2, 0.25) is 0 Å². The summed E-state index contributed by atoms with van der Waals surface area (Å²) in [7, 11) is 0. The van der Waals surface area contributed by atoms with Crippen molar-refractivity contribution >= 4 is 46.3 Å². The van der Waals surface area contributed by atoms with Crippen LogP contribution in [0.5, 0.6) is 0 Å². The van der Waals surface area contributed by atoms with Crippen molar-refractivity contribution in [1.29, 1.82) is 0 Å². The second-order valence-corrected chi connectivity index (χ2v) is 9.87. The van der Waals surface area contributed by atoms with Crippen molar-refractivity contribution in [3.05, 3.63) is 74.1 Å². The van der Waals surface area contributed by atoms with E-state index in [0.29, 0.717) is 27.5 Å². The first-order valence-corrected chi connectivity index (χ1v) is 12.5. The molecule has 1 aromatic heterocycles. The fourth-order valence-electron chi connectivity index (χ4n) is 5.70. The molecule has 0 spiro atoms. The van der Waals surface area contributed by atoms with Crippen molar-refractivity contribution in [1.82, 2.24) is 5.32 Å². The zero-order chi connectivity index (χ0) is 27.6. The third-order valence-electron chi connectivity index (χ3n) is 7.52. The van der Waals surface area contributed by atoms with Crippen molar-refractivity contribution in [3.63, 3.8) is 0 Å². The molecule has 0 unspecified atom stereocenters. The van der Waals surface area contributed by atoms with Gasteiger partial charge in [0, 0.05) is 29.7 Å². The van der Waals surface area contributed by atoms with Crippen LogP contribution in [-0.2, 0) is 28.6 Å². The van der Waals surface area contributed by atoms with Crippen LogP contribution in [0.4, 0.5) is 29.3 Å². The molecule has 3 aliphatic rings. The van der Waals surface area contributed by atoms with Crippen LogP contribution in [0.25, 0.3) is 17.0 Å². The number of nitrogens with zero attached hydrogens (tertiary/aromatic N) is 2. The van der Waals surface area contributed by atoms with E-state index in [9.17, 15) is 32.3 Å². The fourth-order valence-corrected chi connectivity index (χ4v) is 5.70. The predicted molar refractivity (Wildman–Crippen MR) is 137 cm³/mol. The summed E-state index contributed by atoms with van der Waals surface area (Å²) in [5, 5.41) is 2.66. The molecular weight excluding hydrogens is 515 g/mol. The molecule has 0 radical (unpaired) electrons. The second kappa shape index (κ2) is 8.82. The SMILES string of the molecule is Cc1c(/C=C2\C(=O)NC(=O)N(c3cccc(C(F)(F)F)c3)C2=O)c(=O)oc2c3c4c(cc12)CCCN4CCC3. The Bertz CT molecular complexity index is 1690. The van der Waals surface area contributed by atoms with Gasteiger partial charge in [0.25, 0.3) is 11.8 Å². The topological polar surface area (TPSA) is 99.9 Å². The molecule has 1 fully saturated rings. The lowest BCUT2D eigenvalue weighted by Crippen LogP contribution is -2.54. The van der Waals surface area contributed by atoms with E-state index in [1.807, 2.05) is 11.4 Å². The van der Waals surface area contributed by atoms with Crippen molar-refractivity contribution < 1.29 is 32.0 Å². The number of amides is 4. The second-order valence-electron chi connectivity index (χ2n) is 9.87. The molecule has 4 amide bonds. The molecule has 0 bridgehead atoms. The van der Waals surface area contributed by atoms with Gasteiger partial charge < -0.3 is 9.32 Å². The van der Waals surface area contributed by atoms with Crippen molar-refractivity contribution in [2.75, 3.05) is 22.9 Å². The van der Waals surface area contributed by atoms with E-state index >= 15 is 0 Å². The van der Waals surface area contributed by atoms with Gasteiger partial charge in [-0.3, -0.25) is 14.9 Å². The third-order valence-corrected chi connectivity index (χ3v) is 7.52. The molecule has 39 heavy (non-hydrogen) atoms. The standard InChI is InChI=1S/C28H22F3N3O5/c1-14-19-11-15-5-3-9-33-10-4-8-18(22(15)33)23(19)39-26(37)20(14)13-21-24(35)32-27(38)34(25(21)36)17-7-2-6-16(12-17)28(29,30)31/h2,6-7,11-13H,3-5,8-10H2,1H3,(H,32,35,38)/b21-13+. The van der Waals surface area contributed by atoms with Gasteiger partial charge in [0.1, 0.15) is 11.2 Å². The van der Waals surface area contributed by atoms with Gasteiger partial charge in [-0.05, 0) is 74.1 Å². The molecule has 11 heteroatoms. The van der Waals surface area contributed by atoms with E-state index < -0.39 is 40.8 Å². The van der Waals surface area contributed by atoms with Gasteiger partial charge in [-0.1, -0.05) is 6.07 Å². The number of halogens is 3. The molecule has 6 rings (SSSR count). The van der Waals surface area contributed by atoms with E-state index in [0.717, 1.165) is 79.9 Å². The number of aryl methyl sites for hydroxylation is 3. The molecular formula is C28H22F3N3O5. The van der Waals surface area contributed by atoms with E-state index in [2.05, 4.69) is 4.90 Å². The number of alkyl halides is 3. The largest absolute Gasteiger partial charge is 0.422 e. The Hall–Kier alpha value is -4.41. The van der Waals surface area contributed by atoms with Crippen LogP contribution in [0, 0.1) is 6.92 Å². The van der Waals surface area contributed by atoms with Crippen LogP contribution in [-0.4, -0.2) is 30.9 Å². The molecule has 200 valence electrons. The normalized spacial score (nSPS) is 18.6. The number of anilines is 2. The predicted octanol–water partition coefficient (Wildman–Crippen LogP) is 4.49. The van der Waals surface area contributed by atoms with Crippen LogP contribution in [0.1, 0.15) is 40.7 Å². The molecule has 0 saturated carbocycles. The van der Waals surface area contributed by atoms with E-state index in [1.54, 1.807) is 6.92 Å². The lowest BCUT2D eigenvalue weighted by Gasteiger charge is -2.37. The molecule has 1 saturated heterocycles. The molecule has 0 atom stereocenters. The summed E-state index contributed by atoms with van der Waals surface area (Å²) in [5.74, 6) is -2.22. The minimum Gasteiger partial charge on any atom is -0.422 e. The maximum atomic E-state index is 13.3. The first-order chi connectivity index (χ1) is 18.5. The number of carbonyl (C=O) groups is 3. The molecule has 1 N–H and O–H groups in total. The highest BCUT2D eigenvalue weighted by atomic mass is 19.4. The summed E-state index contributed by atoms with van der Waals surface area (Å²) >= 11 is 0. The Kier molecular flexibility index (Phi) is 5.63. The maximum absolute atomic E-state index is 13.3. The maximum Gasteiger partial charge on any atom is 0.416 e. The zero-order valence-corrected chi connectivity index (χ0v) is 20.8. The zero-order valence-electron chi connectivity index (χ0n) is 20.8. The van der Waals surface area contributed by atoms with E-state index in [4.69, 9.17) is 4.42 Å². The Labute approximate surface area is 219 Å². The van der Waals surface area contributed by atoms with Crippen molar-refractivity contribution in [2.24, 2.45) is 0 Å². The first kappa shape index (κ1) is 24.9. The Morgan fingerprint density at radius 2 is 1.77 bits per heavy atom. The fraction of sp³-hybridized carbons (Fsp3) is 0.286. The Balaban J connectivity index is 1.47. The van der Waals surface area contributed by atoms with Crippen molar-refractivity contribution in [3.8, 4) is 0 Å². The number of urea groups is 1. The summed E-state index contributed by atoms with van der Waals surface area (Å²) in [6.45, 7) is 3.57. The lowest BCUT2D eigenvalue weighted by atomic mass is 9.88. The summed E-state index contributed by atoms with van der Waals surface area (Å²) in [5.41, 5.74) is 1.38. The molecule has 4 heterocycles. The van der Waals surface area contributed by atoms with Gasteiger partial charge in [-0.25, -0.2) is 14.5 Å². The van der Waals surface area contributed by atoms with Gasteiger partial charge in [0.05, 0.1) is 16.8 Å². The monoisotopic (exact) mass is 537 g/mol. The number of rotatable bonds is 2. The summed E-state index contributed by atoms with van der Waals surface area (Å²) < 4.78 is 45.5. The number of hydrogen-bond donors (Lipinski definition) is 1. The number of hydrogen-bond acceptors (Lipinski definition) is 6. The highest BCUT2D eigenvalue weighted by Gasteiger charge is 2.39. The van der Waals surface area contributed by atoms with Crippen LogP contribution in [0.3, 0.4) is 0 Å². The number of imide groups is 2. The molecule has 8 nitrogen and oxygen atoms in total. The first-order valence-electron chi connectivity index (χ1n) is 12.5. The van der Waals surface area contributed by atoms with Gasteiger partial charge in [0.15, 0.2) is 0 Å². The van der Waals surface area contributed by atoms with Gasteiger partial charge in [0.2, 0.25) is 0 Å². The Morgan fingerprint density at radius 1 is 1.03 bits per heavy atom. The number of carbonyl (C=O) groups excluding carboxylic acids is 3. The number of benzene rings is 2. The Morgan fingerprint density at radius 3 is 2.51 bits per heavy atom. The van der Waals surface area contributed by atoms with Crippen LogP contribution < -0.4 is 20.7 Å². The number of barbiturate groups is 1.